The Balaban J connectivity index is 2.37. The number of thiocarbonyl (C=S) groups is 1. The normalized spacial score (nSPS) is 18.6. The molecule has 0 spiro atoms. The summed E-state index contributed by atoms with van der Waals surface area (Å²) in [5, 5.41) is 0. The molecule has 2 nitrogen and oxygen atoms in total. The van der Waals surface area contributed by atoms with Crippen molar-refractivity contribution in [1.29, 1.82) is 0 Å². The van der Waals surface area contributed by atoms with Gasteiger partial charge in [-0.3, -0.25) is 9.69 Å². The molecular formula is C11H8BrNOS2. The van der Waals surface area contributed by atoms with E-state index in [-0.39, 0.29) is 5.91 Å². The molecule has 0 aliphatic carbocycles. The Bertz CT molecular complexity index is 499. The van der Waals surface area contributed by atoms with Crippen molar-refractivity contribution in [3.63, 3.8) is 0 Å². The predicted molar refractivity (Wildman–Crippen MR) is 75.1 cm³/mol. The van der Waals surface area contributed by atoms with E-state index in [0.29, 0.717) is 9.23 Å². The summed E-state index contributed by atoms with van der Waals surface area (Å²) < 4.78 is 1.57. The highest BCUT2D eigenvalue weighted by molar-refractivity contribution is 9.10. The first-order valence-electron chi connectivity index (χ1n) is 4.55. The zero-order chi connectivity index (χ0) is 11.7. The topological polar surface area (TPSA) is 20.3 Å². The fourth-order valence-corrected chi connectivity index (χ4v) is 2.85. The molecule has 1 saturated heterocycles. The Labute approximate surface area is 112 Å². The van der Waals surface area contributed by atoms with Gasteiger partial charge in [-0.1, -0.05) is 58.1 Å². The molecule has 1 heterocycles. The van der Waals surface area contributed by atoms with E-state index in [0.717, 1.165) is 10.0 Å². The summed E-state index contributed by atoms with van der Waals surface area (Å²) in [6, 6.07) is 7.76. The number of halogens is 1. The Morgan fingerprint density at radius 2 is 2.12 bits per heavy atom. The van der Waals surface area contributed by atoms with Gasteiger partial charge in [-0.25, -0.2) is 0 Å². The van der Waals surface area contributed by atoms with Crippen LogP contribution in [0.1, 0.15) is 5.56 Å². The number of carbonyl (C=O) groups is 1. The maximum Gasteiger partial charge on any atom is 0.265 e. The standard InChI is InChI=1S/C11H8BrNOS2/c1-13-10(14)9(16-11(13)15)6-7-4-2-3-5-8(7)12/h2-6H,1H3/b9-6+. The molecule has 16 heavy (non-hydrogen) atoms. The minimum Gasteiger partial charge on any atom is -0.296 e. The summed E-state index contributed by atoms with van der Waals surface area (Å²) in [7, 11) is 1.69. The Morgan fingerprint density at radius 1 is 1.44 bits per heavy atom. The zero-order valence-electron chi connectivity index (χ0n) is 8.44. The first kappa shape index (κ1) is 11.8. The molecular weight excluding hydrogens is 306 g/mol. The van der Waals surface area contributed by atoms with Crippen molar-refractivity contribution in [2.24, 2.45) is 0 Å². The summed E-state index contributed by atoms with van der Waals surface area (Å²) in [5.74, 6) is -0.0363. The fourth-order valence-electron chi connectivity index (χ4n) is 1.28. The van der Waals surface area contributed by atoms with Crippen molar-refractivity contribution in [2.75, 3.05) is 7.05 Å². The Hall–Kier alpha value is -0.650. The lowest BCUT2D eigenvalue weighted by Crippen LogP contribution is -2.22. The molecule has 5 heteroatoms. The number of likely N-dealkylation sites (N-methyl/N-ethyl adjacent to an activating group) is 1. The van der Waals surface area contributed by atoms with Crippen LogP contribution in [0.15, 0.2) is 33.6 Å². The number of nitrogens with zero attached hydrogens (tertiary/aromatic N) is 1. The fraction of sp³-hybridized carbons (Fsp3) is 0.0909. The summed E-state index contributed by atoms with van der Waals surface area (Å²) in [4.78, 5) is 13.9. The summed E-state index contributed by atoms with van der Waals surface area (Å²) in [5.41, 5.74) is 0.983. The number of carbonyl (C=O) groups excluding carboxylic acids is 1. The van der Waals surface area contributed by atoms with Gasteiger partial charge in [-0.05, 0) is 17.7 Å². The molecule has 2 rings (SSSR count). The van der Waals surface area contributed by atoms with E-state index in [9.17, 15) is 4.79 Å². The van der Waals surface area contributed by atoms with Gasteiger partial charge >= 0.3 is 0 Å². The Kier molecular flexibility index (Phi) is 3.47. The maximum absolute atomic E-state index is 11.8. The number of thioether (sulfide) groups is 1. The van der Waals surface area contributed by atoms with Crippen LogP contribution in [0.4, 0.5) is 0 Å². The number of hydrogen-bond donors (Lipinski definition) is 0. The molecule has 0 radical (unpaired) electrons. The highest BCUT2D eigenvalue weighted by Crippen LogP contribution is 2.32. The molecule has 0 bridgehead atoms. The molecule has 0 saturated carbocycles. The highest BCUT2D eigenvalue weighted by atomic mass is 79.9. The van der Waals surface area contributed by atoms with Crippen LogP contribution in [0.2, 0.25) is 0 Å². The van der Waals surface area contributed by atoms with Crippen LogP contribution in [0, 0.1) is 0 Å². The van der Waals surface area contributed by atoms with Crippen LogP contribution in [0.3, 0.4) is 0 Å². The molecule has 0 aromatic heterocycles. The minimum absolute atomic E-state index is 0.0363. The molecule has 1 aromatic rings. The second-order valence-electron chi connectivity index (χ2n) is 3.26. The largest absolute Gasteiger partial charge is 0.296 e. The first-order valence-corrected chi connectivity index (χ1v) is 6.57. The molecule has 0 N–H and O–H groups in total. The molecule has 1 fully saturated rings. The Morgan fingerprint density at radius 3 is 2.69 bits per heavy atom. The second kappa shape index (κ2) is 4.69. The van der Waals surface area contributed by atoms with Gasteiger partial charge in [0, 0.05) is 11.5 Å². The molecule has 1 aromatic carbocycles. The summed E-state index contributed by atoms with van der Waals surface area (Å²) in [6.07, 6.45) is 1.85. The van der Waals surface area contributed by atoms with E-state index < -0.39 is 0 Å². The van der Waals surface area contributed by atoms with Gasteiger partial charge in [0.05, 0.1) is 4.91 Å². The molecule has 82 valence electrons. The number of benzene rings is 1. The van der Waals surface area contributed by atoms with E-state index in [1.54, 1.807) is 7.05 Å². The van der Waals surface area contributed by atoms with Crippen LogP contribution in [-0.2, 0) is 4.79 Å². The number of hydrogen-bond acceptors (Lipinski definition) is 3. The van der Waals surface area contributed by atoms with Crippen LogP contribution in [0.5, 0.6) is 0 Å². The molecule has 0 unspecified atom stereocenters. The smallest absolute Gasteiger partial charge is 0.265 e. The van der Waals surface area contributed by atoms with E-state index in [4.69, 9.17) is 12.2 Å². The van der Waals surface area contributed by atoms with Gasteiger partial charge in [-0.15, -0.1) is 0 Å². The second-order valence-corrected chi connectivity index (χ2v) is 5.79. The lowest BCUT2D eigenvalue weighted by Gasteiger charge is -2.03. The summed E-state index contributed by atoms with van der Waals surface area (Å²) in [6.45, 7) is 0. The minimum atomic E-state index is -0.0363. The van der Waals surface area contributed by atoms with E-state index in [1.165, 1.54) is 16.7 Å². The quantitative estimate of drug-likeness (QED) is 0.586. The SMILES string of the molecule is CN1C(=O)/C(=C\c2ccccc2Br)SC1=S. The summed E-state index contributed by atoms with van der Waals surface area (Å²) >= 11 is 9.84. The third-order valence-electron chi connectivity index (χ3n) is 2.18. The third kappa shape index (κ3) is 2.21. The van der Waals surface area contributed by atoms with E-state index in [1.807, 2.05) is 30.3 Å². The van der Waals surface area contributed by atoms with Crippen LogP contribution >= 0.6 is 39.9 Å². The van der Waals surface area contributed by atoms with Crippen LogP contribution < -0.4 is 0 Å². The van der Waals surface area contributed by atoms with Crippen molar-refractivity contribution in [2.45, 2.75) is 0 Å². The van der Waals surface area contributed by atoms with Gasteiger partial charge in [-0.2, -0.15) is 0 Å². The first-order chi connectivity index (χ1) is 7.59. The predicted octanol–water partition coefficient (Wildman–Crippen LogP) is 3.28. The lowest BCUT2D eigenvalue weighted by molar-refractivity contribution is -0.121. The average Bonchev–Trinajstić information content (AvgIpc) is 2.50. The van der Waals surface area contributed by atoms with Crippen molar-refractivity contribution in [3.05, 3.63) is 39.2 Å². The van der Waals surface area contributed by atoms with Gasteiger partial charge < -0.3 is 0 Å². The van der Waals surface area contributed by atoms with Crippen molar-refractivity contribution in [1.82, 2.24) is 4.90 Å². The zero-order valence-corrected chi connectivity index (χ0v) is 11.7. The number of amides is 1. The average molecular weight is 314 g/mol. The highest BCUT2D eigenvalue weighted by Gasteiger charge is 2.28. The monoisotopic (exact) mass is 313 g/mol. The van der Waals surface area contributed by atoms with Gasteiger partial charge in [0.1, 0.15) is 4.32 Å². The van der Waals surface area contributed by atoms with Crippen molar-refractivity contribution in [3.8, 4) is 0 Å². The maximum atomic E-state index is 11.8. The van der Waals surface area contributed by atoms with Crippen LogP contribution in [-0.4, -0.2) is 22.2 Å². The van der Waals surface area contributed by atoms with Crippen molar-refractivity contribution >= 4 is 56.2 Å². The molecule has 1 aliphatic heterocycles. The van der Waals surface area contributed by atoms with Gasteiger partial charge in [0.15, 0.2) is 0 Å². The molecule has 0 atom stereocenters. The number of rotatable bonds is 1. The molecule has 1 aliphatic rings. The van der Waals surface area contributed by atoms with Crippen LogP contribution in [0.25, 0.3) is 6.08 Å². The van der Waals surface area contributed by atoms with Crippen molar-refractivity contribution < 1.29 is 4.79 Å². The molecule has 1 amide bonds. The van der Waals surface area contributed by atoms with Gasteiger partial charge in [0.25, 0.3) is 5.91 Å². The van der Waals surface area contributed by atoms with E-state index in [2.05, 4.69) is 15.9 Å². The van der Waals surface area contributed by atoms with E-state index >= 15 is 0 Å². The lowest BCUT2D eigenvalue weighted by atomic mass is 10.2. The third-order valence-corrected chi connectivity index (χ3v) is 4.39. The van der Waals surface area contributed by atoms with Gasteiger partial charge in [0.2, 0.25) is 0 Å².